The Bertz CT molecular complexity index is 708. The van der Waals surface area contributed by atoms with Crippen molar-refractivity contribution in [3.05, 3.63) is 30.3 Å². The number of nitrogens with zero attached hydrogens (tertiary/aromatic N) is 2. The minimum Gasteiger partial charge on any atom is -0.293 e. The Labute approximate surface area is 149 Å². The molecule has 0 N–H and O–H groups in total. The average Bonchev–Trinajstić information content (AvgIpc) is 3.26. The standard InChI is InChI=1S/C21H26N2O2/c1-14-9-11-21(12-10-14)18-17(16-8-5-13-22(16)21)19(24)23(20(18)25)15-6-3-2-4-7-15/h2-4,6-7,14,16-18H,5,8-13H2,1H3/t14?,16-,17+,18-,21?/m1/s1. The molecular formula is C21H26N2O2. The van der Waals surface area contributed by atoms with Gasteiger partial charge in [0, 0.05) is 11.6 Å². The molecule has 25 heavy (non-hydrogen) atoms. The quantitative estimate of drug-likeness (QED) is 0.738. The monoisotopic (exact) mass is 338 g/mol. The Balaban J connectivity index is 1.58. The van der Waals surface area contributed by atoms with Crippen molar-refractivity contribution in [3.63, 3.8) is 0 Å². The first-order valence-electron chi connectivity index (χ1n) is 9.83. The zero-order valence-corrected chi connectivity index (χ0v) is 14.9. The van der Waals surface area contributed by atoms with Crippen LogP contribution in [0.15, 0.2) is 30.3 Å². The third-order valence-electron chi connectivity index (χ3n) is 7.37. The fourth-order valence-corrected chi connectivity index (χ4v) is 6.23. The second-order valence-electron chi connectivity index (χ2n) is 8.54. The normalized spacial score (nSPS) is 40.8. The van der Waals surface area contributed by atoms with Gasteiger partial charge in [-0.3, -0.25) is 14.5 Å². The number of amides is 2. The van der Waals surface area contributed by atoms with Gasteiger partial charge in [-0.1, -0.05) is 25.1 Å². The first kappa shape index (κ1) is 15.6. The van der Waals surface area contributed by atoms with Crippen molar-refractivity contribution in [2.45, 2.75) is 57.0 Å². The van der Waals surface area contributed by atoms with Crippen LogP contribution in [0.4, 0.5) is 5.69 Å². The third kappa shape index (κ3) is 1.97. The number of para-hydroxylation sites is 1. The van der Waals surface area contributed by atoms with Gasteiger partial charge in [0.2, 0.25) is 11.8 Å². The minimum atomic E-state index is -0.127. The van der Waals surface area contributed by atoms with Crippen LogP contribution in [0.5, 0.6) is 0 Å². The molecule has 0 unspecified atom stereocenters. The van der Waals surface area contributed by atoms with Gasteiger partial charge in [-0.2, -0.15) is 0 Å². The number of anilines is 1. The predicted molar refractivity (Wildman–Crippen MR) is 96.0 cm³/mol. The van der Waals surface area contributed by atoms with Gasteiger partial charge in [-0.15, -0.1) is 0 Å². The topological polar surface area (TPSA) is 40.6 Å². The largest absolute Gasteiger partial charge is 0.293 e. The number of fused-ring (bicyclic) bond motifs is 5. The predicted octanol–water partition coefficient (Wildman–Crippen LogP) is 3.22. The number of imide groups is 1. The molecule has 4 nitrogen and oxygen atoms in total. The summed E-state index contributed by atoms with van der Waals surface area (Å²) < 4.78 is 0. The molecule has 1 aromatic carbocycles. The van der Waals surface area contributed by atoms with Gasteiger partial charge in [-0.05, 0) is 63.1 Å². The SMILES string of the molecule is CC1CCC2(CC1)[C@H]1C(=O)N(c3ccccc3)C(=O)[C@H]1[C@H]1CCCN12. The van der Waals surface area contributed by atoms with E-state index in [-0.39, 0.29) is 35.2 Å². The van der Waals surface area contributed by atoms with E-state index >= 15 is 0 Å². The van der Waals surface area contributed by atoms with E-state index in [4.69, 9.17) is 0 Å². The fourth-order valence-electron chi connectivity index (χ4n) is 6.23. The van der Waals surface area contributed by atoms with Gasteiger partial charge in [0.05, 0.1) is 17.5 Å². The molecule has 4 heteroatoms. The summed E-state index contributed by atoms with van der Waals surface area (Å²) in [7, 11) is 0. The van der Waals surface area contributed by atoms with Crippen LogP contribution < -0.4 is 4.90 Å². The summed E-state index contributed by atoms with van der Waals surface area (Å²) in [5, 5.41) is 0. The van der Waals surface area contributed by atoms with Gasteiger partial charge in [0.1, 0.15) is 0 Å². The lowest BCUT2D eigenvalue weighted by molar-refractivity contribution is -0.125. The summed E-state index contributed by atoms with van der Waals surface area (Å²) in [5.74, 6) is 0.600. The highest BCUT2D eigenvalue weighted by molar-refractivity contribution is 6.23. The van der Waals surface area contributed by atoms with E-state index in [0.717, 1.165) is 43.8 Å². The van der Waals surface area contributed by atoms with Crippen LogP contribution in [-0.2, 0) is 9.59 Å². The molecule has 4 fully saturated rings. The number of hydrogen-bond acceptors (Lipinski definition) is 3. The summed E-state index contributed by atoms with van der Waals surface area (Å²) in [4.78, 5) is 30.9. The Kier molecular flexibility index (Phi) is 3.37. The van der Waals surface area contributed by atoms with Crippen LogP contribution in [0.25, 0.3) is 0 Å². The second kappa shape index (κ2) is 5.41. The molecule has 1 aliphatic carbocycles. The maximum absolute atomic E-state index is 13.5. The maximum Gasteiger partial charge on any atom is 0.239 e. The summed E-state index contributed by atoms with van der Waals surface area (Å²) in [6.45, 7) is 3.39. The summed E-state index contributed by atoms with van der Waals surface area (Å²) in [5.41, 5.74) is 0.685. The maximum atomic E-state index is 13.5. The highest BCUT2D eigenvalue weighted by atomic mass is 16.2. The zero-order valence-electron chi connectivity index (χ0n) is 14.9. The number of carbonyl (C=O) groups excluding carboxylic acids is 2. The molecule has 2 amide bonds. The second-order valence-corrected chi connectivity index (χ2v) is 8.54. The minimum absolute atomic E-state index is 0.0496. The molecule has 1 spiro atoms. The number of carbonyl (C=O) groups is 2. The van der Waals surface area contributed by atoms with Crippen molar-refractivity contribution >= 4 is 17.5 Å². The first-order chi connectivity index (χ1) is 12.1. The lowest BCUT2D eigenvalue weighted by atomic mass is 9.68. The molecule has 0 aromatic heterocycles. The van der Waals surface area contributed by atoms with E-state index in [1.807, 2.05) is 30.3 Å². The lowest BCUT2D eigenvalue weighted by Gasteiger charge is -2.46. The van der Waals surface area contributed by atoms with Crippen LogP contribution >= 0.6 is 0 Å². The zero-order chi connectivity index (χ0) is 17.2. The Hall–Kier alpha value is -1.68. The van der Waals surface area contributed by atoms with Crippen molar-refractivity contribution in [2.24, 2.45) is 17.8 Å². The summed E-state index contributed by atoms with van der Waals surface area (Å²) in [6, 6.07) is 9.80. The fraction of sp³-hybridized carbons (Fsp3) is 0.619. The van der Waals surface area contributed by atoms with Gasteiger partial charge in [-0.25, -0.2) is 4.90 Å². The van der Waals surface area contributed by atoms with Gasteiger partial charge >= 0.3 is 0 Å². The van der Waals surface area contributed by atoms with Crippen LogP contribution in [-0.4, -0.2) is 34.8 Å². The smallest absolute Gasteiger partial charge is 0.239 e. The van der Waals surface area contributed by atoms with Gasteiger partial charge in [0.25, 0.3) is 0 Å². The lowest BCUT2D eigenvalue weighted by Crippen LogP contribution is -2.54. The molecule has 1 aromatic rings. The van der Waals surface area contributed by atoms with E-state index in [9.17, 15) is 9.59 Å². The van der Waals surface area contributed by atoms with E-state index in [1.165, 1.54) is 17.7 Å². The molecule has 1 saturated carbocycles. The number of hydrogen-bond donors (Lipinski definition) is 0. The third-order valence-corrected chi connectivity index (χ3v) is 7.37. The molecule has 0 bridgehead atoms. The highest BCUT2D eigenvalue weighted by Crippen LogP contribution is 2.58. The van der Waals surface area contributed by atoms with Gasteiger partial charge < -0.3 is 0 Å². The van der Waals surface area contributed by atoms with Crippen LogP contribution in [0.1, 0.15) is 45.4 Å². The molecule has 3 saturated heterocycles. The molecule has 132 valence electrons. The number of rotatable bonds is 1. The van der Waals surface area contributed by atoms with E-state index in [1.54, 1.807) is 0 Å². The molecule has 0 radical (unpaired) electrons. The van der Waals surface area contributed by atoms with Crippen LogP contribution in [0, 0.1) is 17.8 Å². The van der Waals surface area contributed by atoms with Crippen LogP contribution in [0.2, 0.25) is 0 Å². The van der Waals surface area contributed by atoms with E-state index in [2.05, 4.69) is 11.8 Å². The van der Waals surface area contributed by atoms with Gasteiger partial charge in [0.15, 0.2) is 0 Å². The van der Waals surface area contributed by atoms with Crippen molar-refractivity contribution < 1.29 is 9.59 Å². The Morgan fingerprint density at radius 2 is 1.72 bits per heavy atom. The number of benzene rings is 1. The first-order valence-corrected chi connectivity index (χ1v) is 9.83. The summed E-state index contributed by atoms with van der Waals surface area (Å²) >= 11 is 0. The Morgan fingerprint density at radius 1 is 1.00 bits per heavy atom. The van der Waals surface area contributed by atoms with Crippen molar-refractivity contribution in [2.75, 3.05) is 11.4 Å². The summed E-state index contributed by atoms with van der Waals surface area (Å²) in [6.07, 6.45) is 6.75. The van der Waals surface area contributed by atoms with E-state index < -0.39 is 0 Å². The average molecular weight is 338 g/mol. The molecular weight excluding hydrogens is 312 g/mol. The molecule has 5 rings (SSSR count). The van der Waals surface area contributed by atoms with E-state index in [0.29, 0.717) is 0 Å². The van der Waals surface area contributed by atoms with Crippen molar-refractivity contribution in [1.82, 2.24) is 4.90 Å². The molecule has 4 aliphatic rings. The molecule has 3 aliphatic heterocycles. The Morgan fingerprint density at radius 3 is 2.44 bits per heavy atom. The molecule has 3 atom stereocenters. The van der Waals surface area contributed by atoms with Crippen molar-refractivity contribution in [3.8, 4) is 0 Å². The van der Waals surface area contributed by atoms with Crippen LogP contribution in [0.3, 0.4) is 0 Å². The molecule has 3 heterocycles. The van der Waals surface area contributed by atoms with Crippen molar-refractivity contribution in [1.29, 1.82) is 0 Å². The highest BCUT2D eigenvalue weighted by Gasteiger charge is 2.69.